The van der Waals surface area contributed by atoms with Crippen LogP contribution in [0.4, 0.5) is 9.18 Å². The standard InChI is InChI=1S/C16H22ClFN2O3/c1-11(21)9-12-10-23-8-7-20(12)16(22)19-6-5-13-14(17)3-2-4-15(13)18/h2-4,11-12,21H,5-10H2,1H3,(H,19,22)/t11-,12+/m1/s1. The van der Waals surface area contributed by atoms with Crippen LogP contribution < -0.4 is 5.32 Å². The van der Waals surface area contributed by atoms with Crippen molar-refractivity contribution in [1.82, 2.24) is 10.2 Å². The fourth-order valence-electron chi connectivity index (χ4n) is 2.68. The molecule has 0 spiro atoms. The lowest BCUT2D eigenvalue weighted by molar-refractivity contribution is -0.00425. The third-order valence-electron chi connectivity index (χ3n) is 3.81. The van der Waals surface area contributed by atoms with E-state index in [0.717, 1.165) is 0 Å². The van der Waals surface area contributed by atoms with E-state index in [1.807, 2.05) is 0 Å². The number of ether oxygens (including phenoxy) is 1. The maximum Gasteiger partial charge on any atom is 0.317 e. The maximum absolute atomic E-state index is 13.7. The number of halogens is 2. The largest absolute Gasteiger partial charge is 0.393 e. The van der Waals surface area contributed by atoms with Gasteiger partial charge in [-0.15, -0.1) is 0 Å². The summed E-state index contributed by atoms with van der Waals surface area (Å²) in [6, 6.07) is 4.15. The van der Waals surface area contributed by atoms with Gasteiger partial charge in [-0.05, 0) is 31.9 Å². The van der Waals surface area contributed by atoms with E-state index in [1.165, 1.54) is 6.07 Å². The summed E-state index contributed by atoms with van der Waals surface area (Å²) >= 11 is 5.97. The van der Waals surface area contributed by atoms with Gasteiger partial charge in [-0.1, -0.05) is 17.7 Å². The number of urea groups is 1. The summed E-state index contributed by atoms with van der Waals surface area (Å²) in [7, 11) is 0. The molecule has 1 heterocycles. The minimum atomic E-state index is -0.505. The van der Waals surface area contributed by atoms with Crippen LogP contribution in [0.15, 0.2) is 18.2 Å². The predicted molar refractivity (Wildman–Crippen MR) is 86.1 cm³/mol. The van der Waals surface area contributed by atoms with Gasteiger partial charge in [-0.25, -0.2) is 9.18 Å². The number of aliphatic hydroxyl groups excluding tert-OH is 1. The number of hydrogen-bond donors (Lipinski definition) is 2. The Morgan fingerprint density at radius 3 is 3.09 bits per heavy atom. The lowest BCUT2D eigenvalue weighted by Crippen LogP contribution is -2.53. The van der Waals surface area contributed by atoms with Crippen LogP contribution in [0.3, 0.4) is 0 Å². The van der Waals surface area contributed by atoms with Crippen molar-refractivity contribution in [3.63, 3.8) is 0 Å². The van der Waals surface area contributed by atoms with E-state index in [9.17, 15) is 14.3 Å². The van der Waals surface area contributed by atoms with Gasteiger partial charge in [-0.2, -0.15) is 0 Å². The van der Waals surface area contributed by atoms with Gasteiger partial charge in [0, 0.05) is 23.7 Å². The number of rotatable bonds is 5. The van der Waals surface area contributed by atoms with Gasteiger partial charge in [0.05, 0.1) is 25.4 Å². The van der Waals surface area contributed by atoms with E-state index in [4.69, 9.17) is 16.3 Å². The number of nitrogens with zero attached hydrogens (tertiary/aromatic N) is 1. The predicted octanol–water partition coefficient (Wildman–Crippen LogP) is 2.20. The third-order valence-corrected chi connectivity index (χ3v) is 4.17. The highest BCUT2D eigenvalue weighted by Crippen LogP contribution is 2.19. The molecule has 0 saturated carbocycles. The molecule has 2 rings (SSSR count). The van der Waals surface area contributed by atoms with E-state index in [2.05, 4.69) is 5.32 Å². The molecule has 1 saturated heterocycles. The van der Waals surface area contributed by atoms with E-state index in [1.54, 1.807) is 24.0 Å². The van der Waals surface area contributed by atoms with Gasteiger partial charge in [0.25, 0.3) is 0 Å². The second kappa shape index (κ2) is 8.47. The lowest BCUT2D eigenvalue weighted by Gasteiger charge is -2.36. The van der Waals surface area contributed by atoms with Crippen molar-refractivity contribution in [2.75, 3.05) is 26.3 Å². The van der Waals surface area contributed by atoms with E-state index < -0.39 is 6.10 Å². The molecule has 0 aromatic heterocycles. The molecule has 7 heteroatoms. The molecular weight excluding hydrogens is 323 g/mol. The van der Waals surface area contributed by atoms with Crippen LogP contribution >= 0.6 is 11.6 Å². The van der Waals surface area contributed by atoms with Crippen molar-refractivity contribution in [1.29, 1.82) is 0 Å². The summed E-state index contributed by atoms with van der Waals surface area (Å²) in [6.45, 7) is 3.34. The maximum atomic E-state index is 13.7. The van der Waals surface area contributed by atoms with Crippen molar-refractivity contribution in [2.45, 2.75) is 31.9 Å². The lowest BCUT2D eigenvalue weighted by atomic mass is 10.1. The molecule has 5 nitrogen and oxygen atoms in total. The van der Waals surface area contributed by atoms with Gasteiger partial charge in [0.1, 0.15) is 5.82 Å². The van der Waals surface area contributed by atoms with Gasteiger partial charge in [0.2, 0.25) is 0 Å². The Balaban J connectivity index is 1.88. The molecule has 1 aliphatic heterocycles. The first-order valence-electron chi connectivity index (χ1n) is 7.72. The van der Waals surface area contributed by atoms with Crippen molar-refractivity contribution >= 4 is 17.6 Å². The zero-order valence-corrected chi connectivity index (χ0v) is 13.9. The minimum absolute atomic E-state index is 0.152. The Bertz CT molecular complexity index is 522. The Kier molecular flexibility index (Phi) is 6.62. The topological polar surface area (TPSA) is 61.8 Å². The quantitative estimate of drug-likeness (QED) is 0.861. The molecule has 1 fully saturated rings. The number of nitrogens with one attached hydrogen (secondary N) is 1. The zero-order valence-electron chi connectivity index (χ0n) is 13.1. The summed E-state index contributed by atoms with van der Waals surface area (Å²) < 4.78 is 19.1. The Morgan fingerprint density at radius 2 is 2.39 bits per heavy atom. The summed E-state index contributed by atoms with van der Waals surface area (Å²) in [4.78, 5) is 14.0. The molecule has 1 aliphatic rings. The van der Waals surface area contributed by atoms with Gasteiger partial charge < -0.3 is 20.1 Å². The second-order valence-corrected chi connectivity index (χ2v) is 6.10. The SMILES string of the molecule is C[C@@H](O)C[C@H]1COCCN1C(=O)NCCc1c(F)cccc1Cl. The smallest absolute Gasteiger partial charge is 0.317 e. The summed E-state index contributed by atoms with van der Waals surface area (Å²) in [5, 5.41) is 12.7. The molecule has 23 heavy (non-hydrogen) atoms. The highest BCUT2D eigenvalue weighted by Gasteiger charge is 2.28. The first-order chi connectivity index (χ1) is 11.0. The second-order valence-electron chi connectivity index (χ2n) is 5.69. The number of amides is 2. The summed E-state index contributed by atoms with van der Waals surface area (Å²) in [5.74, 6) is -0.370. The van der Waals surface area contributed by atoms with Crippen LogP contribution in [0.2, 0.25) is 5.02 Å². The molecule has 2 atom stereocenters. The van der Waals surface area contributed by atoms with Gasteiger partial charge in [-0.3, -0.25) is 0 Å². The first kappa shape index (κ1) is 18.0. The highest BCUT2D eigenvalue weighted by atomic mass is 35.5. The first-order valence-corrected chi connectivity index (χ1v) is 8.10. The number of aliphatic hydroxyl groups is 1. The molecule has 1 aromatic rings. The Labute approximate surface area is 140 Å². The fourth-order valence-corrected chi connectivity index (χ4v) is 2.94. The fraction of sp³-hybridized carbons (Fsp3) is 0.562. The van der Waals surface area contributed by atoms with Gasteiger partial charge in [0.15, 0.2) is 0 Å². The van der Waals surface area contributed by atoms with E-state index in [-0.39, 0.29) is 24.4 Å². The average molecular weight is 345 g/mol. The number of carbonyl (C=O) groups is 1. The van der Waals surface area contributed by atoms with Crippen molar-refractivity contribution in [3.05, 3.63) is 34.6 Å². The average Bonchev–Trinajstić information content (AvgIpc) is 2.50. The van der Waals surface area contributed by atoms with Crippen molar-refractivity contribution < 1.29 is 19.0 Å². The van der Waals surface area contributed by atoms with Crippen LogP contribution in [0.25, 0.3) is 0 Å². The third kappa shape index (κ3) is 5.06. The van der Waals surface area contributed by atoms with Crippen LogP contribution in [0, 0.1) is 5.82 Å². The molecule has 0 bridgehead atoms. The molecule has 1 aromatic carbocycles. The van der Waals surface area contributed by atoms with E-state index in [0.29, 0.717) is 43.2 Å². The number of benzene rings is 1. The number of morpholine rings is 1. The highest BCUT2D eigenvalue weighted by molar-refractivity contribution is 6.31. The zero-order chi connectivity index (χ0) is 16.8. The summed E-state index contributed by atoms with van der Waals surface area (Å²) in [5.41, 5.74) is 0.400. The minimum Gasteiger partial charge on any atom is -0.393 e. The Hall–Kier alpha value is -1.37. The normalized spacial score (nSPS) is 19.5. The van der Waals surface area contributed by atoms with Crippen LogP contribution in [-0.4, -0.2) is 54.5 Å². The van der Waals surface area contributed by atoms with Crippen LogP contribution in [0.5, 0.6) is 0 Å². The molecular formula is C16H22ClFN2O3. The van der Waals surface area contributed by atoms with Gasteiger partial charge >= 0.3 is 6.03 Å². The molecule has 0 radical (unpaired) electrons. The summed E-state index contributed by atoms with van der Waals surface area (Å²) in [6.07, 6.45) is 0.282. The Morgan fingerprint density at radius 1 is 1.61 bits per heavy atom. The van der Waals surface area contributed by atoms with Crippen molar-refractivity contribution in [2.24, 2.45) is 0 Å². The monoisotopic (exact) mass is 344 g/mol. The molecule has 2 amide bonds. The van der Waals surface area contributed by atoms with Crippen molar-refractivity contribution in [3.8, 4) is 0 Å². The molecule has 0 aliphatic carbocycles. The van der Waals surface area contributed by atoms with Crippen LogP contribution in [0.1, 0.15) is 18.9 Å². The molecule has 0 unspecified atom stereocenters. The molecule has 128 valence electrons. The van der Waals surface area contributed by atoms with Crippen LogP contribution in [-0.2, 0) is 11.2 Å². The van der Waals surface area contributed by atoms with E-state index >= 15 is 0 Å². The number of hydrogen-bond acceptors (Lipinski definition) is 3. The molecule has 2 N–H and O–H groups in total. The number of carbonyl (C=O) groups excluding carboxylic acids is 1.